The zero-order valence-corrected chi connectivity index (χ0v) is 11.2. The van der Waals surface area contributed by atoms with Gasteiger partial charge in [0.05, 0.1) is 9.72 Å². The largest absolute Gasteiger partial charge is 0.477 e. The number of rotatable bonds is 3. The van der Waals surface area contributed by atoms with Crippen LogP contribution in [0.2, 0.25) is 5.02 Å². The summed E-state index contributed by atoms with van der Waals surface area (Å²) in [5, 5.41) is 10.8. The molecule has 0 atom stereocenters. The number of carboxylic acid groups (broad SMARTS) is 1. The molecule has 0 radical (unpaired) electrons. The van der Waals surface area contributed by atoms with E-state index in [1.165, 1.54) is 11.3 Å². The molecule has 1 N–H and O–H groups in total. The molecule has 1 heterocycles. The van der Waals surface area contributed by atoms with Crippen LogP contribution >= 0.6 is 22.9 Å². The lowest BCUT2D eigenvalue weighted by Gasteiger charge is -2.05. The number of carboxylic acids is 1. The molecule has 0 saturated carbocycles. The third-order valence-electron chi connectivity index (χ3n) is 2.58. The van der Waals surface area contributed by atoms with Crippen LogP contribution in [0.15, 0.2) is 18.2 Å². The maximum atomic E-state index is 11.3. The molecular weight excluding hydrogens is 256 g/mol. The number of thiophene rings is 1. The summed E-state index contributed by atoms with van der Waals surface area (Å²) in [6, 6.07) is 5.61. The molecule has 0 aliphatic rings. The minimum atomic E-state index is -0.863. The maximum Gasteiger partial charge on any atom is 0.346 e. The van der Waals surface area contributed by atoms with E-state index in [1.54, 1.807) is 6.07 Å². The molecule has 1 aromatic heterocycles. The van der Waals surface area contributed by atoms with Crippen molar-refractivity contribution in [1.29, 1.82) is 0 Å². The molecule has 17 heavy (non-hydrogen) atoms. The summed E-state index contributed by atoms with van der Waals surface area (Å²) >= 11 is 7.37. The van der Waals surface area contributed by atoms with Gasteiger partial charge in [0, 0.05) is 0 Å². The highest BCUT2D eigenvalue weighted by molar-refractivity contribution is 7.21. The highest BCUT2D eigenvalue weighted by Gasteiger charge is 2.19. The molecule has 0 unspecified atom stereocenters. The molecule has 0 amide bonds. The number of benzene rings is 1. The fourth-order valence-electron chi connectivity index (χ4n) is 1.92. The first kappa shape index (κ1) is 12.4. The highest BCUT2D eigenvalue weighted by atomic mass is 35.5. The molecule has 0 saturated heterocycles. The number of carbonyl (C=O) groups is 1. The average Bonchev–Trinajstić information content (AvgIpc) is 2.58. The van der Waals surface area contributed by atoms with Crippen LogP contribution in [-0.2, 0) is 6.42 Å². The third kappa shape index (κ3) is 2.31. The number of hydrogen-bond donors (Lipinski definition) is 1. The van der Waals surface area contributed by atoms with Gasteiger partial charge < -0.3 is 5.11 Å². The second-order valence-corrected chi connectivity index (χ2v) is 5.86. The Morgan fingerprint density at radius 3 is 2.76 bits per heavy atom. The van der Waals surface area contributed by atoms with E-state index in [0.29, 0.717) is 15.8 Å². The van der Waals surface area contributed by atoms with E-state index in [0.717, 1.165) is 22.1 Å². The molecule has 0 aliphatic carbocycles. The molecule has 1 aromatic carbocycles. The van der Waals surface area contributed by atoms with Crippen molar-refractivity contribution in [2.45, 2.75) is 20.3 Å². The van der Waals surface area contributed by atoms with E-state index in [-0.39, 0.29) is 0 Å². The topological polar surface area (TPSA) is 37.3 Å². The summed E-state index contributed by atoms with van der Waals surface area (Å²) < 4.78 is 0.877. The van der Waals surface area contributed by atoms with Crippen LogP contribution in [-0.4, -0.2) is 11.1 Å². The lowest BCUT2D eigenvalue weighted by Crippen LogP contribution is -2.01. The van der Waals surface area contributed by atoms with Gasteiger partial charge in [0.2, 0.25) is 0 Å². The zero-order chi connectivity index (χ0) is 12.6. The molecule has 2 rings (SSSR count). The molecule has 2 nitrogen and oxygen atoms in total. The zero-order valence-electron chi connectivity index (χ0n) is 9.66. The lowest BCUT2D eigenvalue weighted by molar-refractivity contribution is 0.0701. The Morgan fingerprint density at radius 1 is 1.47 bits per heavy atom. The predicted octanol–water partition coefficient (Wildman–Crippen LogP) is 4.45. The van der Waals surface area contributed by atoms with Gasteiger partial charge in [-0.1, -0.05) is 37.6 Å². The summed E-state index contributed by atoms with van der Waals surface area (Å²) in [6.45, 7) is 4.17. The Labute approximate surface area is 109 Å². The van der Waals surface area contributed by atoms with Crippen molar-refractivity contribution >= 4 is 39.0 Å². The van der Waals surface area contributed by atoms with Crippen LogP contribution < -0.4 is 0 Å². The number of hydrogen-bond acceptors (Lipinski definition) is 2. The van der Waals surface area contributed by atoms with Gasteiger partial charge in [-0.25, -0.2) is 4.79 Å². The van der Waals surface area contributed by atoms with Gasteiger partial charge in [0.25, 0.3) is 0 Å². The summed E-state index contributed by atoms with van der Waals surface area (Å²) in [4.78, 5) is 11.7. The van der Waals surface area contributed by atoms with Gasteiger partial charge >= 0.3 is 5.97 Å². The monoisotopic (exact) mass is 268 g/mol. The molecular formula is C13H13ClO2S. The molecule has 2 aromatic rings. The Balaban J connectivity index is 2.71. The molecule has 0 fully saturated rings. The van der Waals surface area contributed by atoms with Gasteiger partial charge in [-0.3, -0.25) is 0 Å². The molecule has 90 valence electrons. The van der Waals surface area contributed by atoms with E-state index in [1.807, 2.05) is 12.1 Å². The standard InChI is InChI=1S/C13H13ClO2S/c1-7(2)6-9-8-4-3-5-10(14)11(8)17-12(9)13(15)16/h3-5,7H,6H2,1-2H3,(H,15,16). The predicted molar refractivity (Wildman–Crippen MR) is 72.3 cm³/mol. The van der Waals surface area contributed by atoms with Crippen LogP contribution in [0, 0.1) is 5.92 Å². The number of halogens is 1. The Bertz CT molecular complexity index is 572. The van der Waals surface area contributed by atoms with Crippen molar-refractivity contribution in [1.82, 2.24) is 0 Å². The van der Waals surface area contributed by atoms with E-state index in [9.17, 15) is 9.90 Å². The van der Waals surface area contributed by atoms with Crippen molar-refractivity contribution < 1.29 is 9.90 Å². The molecule has 0 bridgehead atoms. The van der Waals surface area contributed by atoms with E-state index >= 15 is 0 Å². The van der Waals surface area contributed by atoms with E-state index < -0.39 is 5.97 Å². The normalized spacial score (nSPS) is 11.3. The molecule has 0 aliphatic heterocycles. The van der Waals surface area contributed by atoms with Crippen molar-refractivity contribution in [3.8, 4) is 0 Å². The van der Waals surface area contributed by atoms with Crippen LogP contribution in [0.1, 0.15) is 29.1 Å². The fourth-order valence-corrected chi connectivity index (χ4v) is 3.28. The lowest BCUT2D eigenvalue weighted by atomic mass is 10.00. The second kappa shape index (κ2) is 4.67. The van der Waals surface area contributed by atoms with Crippen molar-refractivity contribution in [3.05, 3.63) is 33.7 Å². The fraction of sp³-hybridized carbons (Fsp3) is 0.308. The van der Waals surface area contributed by atoms with Crippen LogP contribution in [0.4, 0.5) is 0 Å². The van der Waals surface area contributed by atoms with Gasteiger partial charge in [-0.05, 0) is 29.4 Å². The van der Waals surface area contributed by atoms with Gasteiger partial charge in [0.1, 0.15) is 4.88 Å². The maximum absolute atomic E-state index is 11.3. The summed E-state index contributed by atoms with van der Waals surface area (Å²) in [5.41, 5.74) is 0.912. The first-order valence-corrected chi connectivity index (χ1v) is 6.63. The quantitative estimate of drug-likeness (QED) is 0.893. The van der Waals surface area contributed by atoms with Gasteiger partial charge in [-0.15, -0.1) is 11.3 Å². The Hall–Kier alpha value is -1.06. The first-order valence-electron chi connectivity index (χ1n) is 5.44. The van der Waals surface area contributed by atoms with E-state index in [2.05, 4.69) is 13.8 Å². The number of aromatic carboxylic acids is 1. The third-order valence-corrected chi connectivity index (χ3v) is 4.27. The van der Waals surface area contributed by atoms with Crippen LogP contribution in [0.25, 0.3) is 10.1 Å². The van der Waals surface area contributed by atoms with Gasteiger partial charge in [0.15, 0.2) is 0 Å². The van der Waals surface area contributed by atoms with Crippen LogP contribution in [0.3, 0.4) is 0 Å². The summed E-state index contributed by atoms with van der Waals surface area (Å²) in [6.07, 6.45) is 0.766. The smallest absolute Gasteiger partial charge is 0.346 e. The number of fused-ring (bicyclic) bond motifs is 1. The first-order chi connectivity index (χ1) is 8.00. The molecule has 4 heteroatoms. The summed E-state index contributed by atoms with van der Waals surface area (Å²) in [5.74, 6) is -0.442. The Kier molecular flexibility index (Phi) is 3.40. The van der Waals surface area contributed by atoms with Crippen molar-refractivity contribution in [2.24, 2.45) is 5.92 Å². The minimum absolute atomic E-state index is 0.418. The van der Waals surface area contributed by atoms with Crippen molar-refractivity contribution in [2.75, 3.05) is 0 Å². The SMILES string of the molecule is CC(C)Cc1c(C(=O)O)sc2c(Cl)cccc12. The average molecular weight is 269 g/mol. The molecule has 0 spiro atoms. The summed E-state index contributed by atoms with van der Waals surface area (Å²) in [7, 11) is 0. The highest BCUT2D eigenvalue weighted by Crippen LogP contribution is 2.37. The van der Waals surface area contributed by atoms with Crippen LogP contribution in [0.5, 0.6) is 0 Å². The minimum Gasteiger partial charge on any atom is -0.477 e. The Morgan fingerprint density at radius 2 is 2.18 bits per heavy atom. The van der Waals surface area contributed by atoms with Gasteiger partial charge in [-0.2, -0.15) is 0 Å². The van der Waals surface area contributed by atoms with Crippen molar-refractivity contribution in [3.63, 3.8) is 0 Å². The van der Waals surface area contributed by atoms with E-state index in [4.69, 9.17) is 11.6 Å². The second-order valence-electron chi connectivity index (χ2n) is 4.43.